The van der Waals surface area contributed by atoms with Crippen molar-refractivity contribution in [3.8, 4) is 33.8 Å². The van der Waals surface area contributed by atoms with Crippen molar-refractivity contribution in [3.05, 3.63) is 78.6 Å². The van der Waals surface area contributed by atoms with Crippen molar-refractivity contribution in [2.24, 2.45) is 0 Å². The molecular formula is C29H25FN8O3S. The molecule has 0 fully saturated rings. The van der Waals surface area contributed by atoms with E-state index in [4.69, 9.17) is 0 Å². The SMILES string of the molecule is CCC(=O)Nc1cncc(-c2cnc3[nH]nc(-c4cc5c(-c6cc(F)cc(CNS(C)(=O)=O)c6)nccc5[nH]4)c3c2)c1. The van der Waals surface area contributed by atoms with Crippen molar-refractivity contribution in [2.75, 3.05) is 11.6 Å². The fourth-order valence-corrected chi connectivity index (χ4v) is 5.13. The quantitative estimate of drug-likeness (QED) is 0.201. The van der Waals surface area contributed by atoms with Gasteiger partial charge in [0.25, 0.3) is 0 Å². The number of aromatic nitrogens is 6. The molecule has 212 valence electrons. The van der Waals surface area contributed by atoms with Crippen LogP contribution < -0.4 is 10.0 Å². The second-order valence-electron chi connectivity index (χ2n) is 9.80. The summed E-state index contributed by atoms with van der Waals surface area (Å²) < 4.78 is 40.0. The Kier molecular flexibility index (Phi) is 6.96. The van der Waals surface area contributed by atoms with Crippen LogP contribution in [0.1, 0.15) is 18.9 Å². The molecule has 0 bridgehead atoms. The van der Waals surface area contributed by atoms with Gasteiger partial charge in [0.05, 0.1) is 29.5 Å². The van der Waals surface area contributed by atoms with E-state index in [2.05, 4.69) is 40.2 Å². The molecule has 0 saturated heterocycles. The van der Waals surface area contributed by atoms with Crippen LogP contribution in [0.15, 0.2) is 67.3 Å². The van der Waals surface area contributed by atoms with Gasteiger partial charge in [0.1, 0.15) is 11.5 Å². The van der Waals surface area contributed by atoms with Gasteiger partial charge in [-0.2, -0.15) is 5.10 Å². The first-order valence-electron chi connectivity index (χ1n) is 13.0. The summed E-state index contributed by atoms with van der Waals surface area (Å²) in [4.78, 5) is 28.5. The van der Waals surface area contributed by atoms with Crippen LogP contribution in [0.25, 0.3) is 55.7 Å². The molecule has 42 heavy (non-hydrogen) atoms. The summed E-state index contributed by atoms with van der Waals surface area (Å²) in [6.45, 7) is 1.73. The molecule has 0 unspecified atom stereocenters. The van der Waals surface area contributed by atoms with Gasteiger partial charge in [0.15, 0.2) is 5.65 Å². The van der Waals surface area contributed by atoms with E-state index in [1.807, 2.05) is 24.3 Å². The minimum absolute atomic E-state index is 0.0457. The Morgan fingerprint density at radius 3 is 2.60 bits per heavy atom. The number of amides is 1. The molecule has 0 aliphatic carbocycles. The van der Waals surface area contributed by atoms with Crippen molar-refractivity contribution >= 4 is 43.6 Å². The highest BCUT2D eigenvalue weighted by Gasteiger charge is 2.17. The van der Waals surface area contributed by atoms with Gasteiger partial charge in [-0.15, -0.1) is 0 Å². The third-order valence-corrected chi connectivity index (χ3v) is 7.33. The van der Waals surface area contributed by atoms with Crippen LogP contribution in [0.4, 0.5) is 10.1 Å². The number of nitrogens with one attached hydrogen (secondary N) is 4. The van der Waals surface area contributed by atoms with Gasteiger partial charge in [-0.3, -0.25) is 19.9 Å². The van der Waals surface area contributed by atoms with Crippen LogP contribution in [0.3, 0.4) is 0 Å². The molecule has 0 radical (unpaired) electrons. The highest BCUT2D eigenvalue weighted by atomic mass is 32.2. The third-order valence-electron chi connectivity index (χ3n) is 6.67. The maximum absolute atomic E-state index is 14.6. The summed E-state index contributed by atoms with van der Waals surface area (Å²) >= 11 is 0. The first kappa shape index (κ1) is 27.2. The summed E-state index contributed by atoms with van der Waals surface area (Å²) in [6, 6.07) is 11.8. The number of nitrogens with zero attached hydrogens (tertiary/aromatic N) is 4. The number of H-pyrrole nitrogens is 2. The molecule has 1 amide bonds. The summed E-state index contributed by atoms with van der Waals surface area (Å²) in [5.41, 5.74) is 6.34. The smallest absolute Gasteiger partial charge is 0.224 e. The standard InChI is InChI=1S/C29H25FN8O3S/c1-3-26(39)35-21-9-18(13-31-15-21)19-10-23-28(37-38-29(23)33-14-19)25-11-22-24(36-25)4-5-32-27(22)17-6-16(7-20(30)8-17)12-34-42(2,40)41/h4-11,13-15,34,36H,3,12H2,1-2H3,(H,35,39)(H,33,37,38). The number of rotatable bonds is 8. The van der Waals surface area contributed by atoms with E-state index in [-0.39, 0.29) is 12.5 Å². The van der Waals surface area contributed by atoms with Crippen molar-refractivity contribution in [1.29, 1.82) is 0 Å². The Morgan fingerprint density at radius 2 is 1.79 bits per heavy atom. The zero-order valence-corrected chi connectivity index (χ0v) is 23.4. The van der Waals surface area contributed by atoms with Crippen molar-refractivity contribution < 1.29 is 17.6 Å². The number of aromatic amines is 2. The summed E-state index contributed by atoms with van der Waals surface area (Å²) in [6.07, 6.45) is 8.03. The first-order chi connectivity index (χ1) is 20.2. The highest BCUT2D eigenvalue weighted by Crippen LogP contribution is 2.34. The molecule has 6 aromatic rings. The lowest BCUT2D eigenvalue weighted by Crippen LogP contribution is -2.21. The van der Waals surface area contributed by atoms with E-state index >= 15 is 0 Å². The lowest BCUT2D eigenvalue weighted by atomic mass is 10.0. The number of carbonyl (C=O) groups is 1. The van der Waals surface area contributed by atoms with Crippen LogP contribution in [0.5, 0.6) is 0 Å². The Morgan fingerprint density at radius 1 is 0.952 bits per heavy atom. The summed E-state index contributed by atoms with van der Waals surface area (Å²) in [5, 5.41) is 11.8. The predicted octanol–water partition coefficient (Wildman–Crippen LogP) is 4.77. The Hall–Kier alpha value is -5.01. The zero-order chi connectivity index (χ0) is 29.4. The molecule has 4 N–H and O–H groups in total. The molecule has 6 rings (SSSR count). The van der Waals surface area contributed by atoms with Crippen LogP contribution in [0.2, 0.25) is 0 Å². The number of pyridine rings is 3. The topological polar surface area (TPSA) is 158 Å². The number of anilines is 1. The normalized spacial score (nSPS) is 11.8. The average Bonchev–Trinajstić information content (AvgIpc) is 3.59. The molecule has 0 aliphatic rings. The molecule has 11 nitrogen and oxygen atoms in total. The van der Waals surface area contributed by atoms with Gasteiger partial charge in [-0.1, -0.05) is 6.92 Å². The lowest BCUT2D eigenvalue weighted by Gasteiger charge is -2.08. The number of carbonyl (C=O) groups excluding carboxylic acids is 1. The monoisotopic (exact) mass is 584 g/mol. The minimum Gasteiger partial charge on any atom is -0.353 e. The van der Waals surface area contributed by atoms with Crippen LogP contribution in [-0.2, 0) is 21.4 Å². The van der Waals surface area contributed by atoms with Gasteiger partial charge in [0, 0.05) is 64.5 Å². The first-order valence-corrected chi connectivity index (χ1v) is 14.9. The maximum atomic E-state index is 14.6. The van der Waals surface area contributed by atoms with Gasteiger partial charge in [-0.05, 0) is 48.0 Å². The average molecular weight is 585 g/mol. The largest absolute Gasteiger partial charge is 0.353 e. The number of halogens is 1. The van der Waals surface area contributed by atoms with Crippen molar-refractivity contribution in [3.63, 3.8) is 0 Å². The minimum atomic E-state index is -3.44. The van der Waals surface area contributed by atoms with Gasteiger partial charge in [-0.25, -0.2) is 22.5 Å². The van der Waals surface area contributed by atoms with E-state index in [0.29, 0.717) is 46.0 Å². The summed E-state index contributed by atoms with van der Waals surface area (Å²) in [7, 11) is -3.44. The van der Waals surface area contributed by atoms with E-state index in [1.165, 1.54) is 12.1 Å². The number of hydrogen-bond acceptors (Lipinski definition) is 7. The van der Waals surface area contributed by atoms with E-state index in [9.17, 15) is 17.6 Å². The zero-order valence-electron chi connectivity index (χ0n) is 22.6. The fourth-order valence-electron chi connectivity index (χ4n) is 4.70. The predicted molar refractivity (Wildman–Crippen MR) is 158 cm³/mol. The number of sulfonamides is 1. The van der Waals surface area contributed by atoms with Crippen LogP contribution in [-0.4, -0.2) is 50.7 Å². The molecule has 1 aromatic carbocycles. The molecule has 13 heteroatoms. The van der Waals surface area contributed by atoms with Crippen LogP contribution >= 0.6 is 0 Å². The highest BCUT2D eigenvalue weighted by molar-refractivity contribution is 7.88. The number of fused-ring (bicyclic) bond motifs is 2. The molecule has 0 aliphatic heterocycles. The van der Waals surface area contributed by atoms with Crippen LogP contribution in [0, 0.1) is 5.82 Å². The second-order valence-corrected chi connectivity index (χ2v) is 11.6. The van der Waals surface area contributed by atoms with E-state index in [0.717, 1.165) is 33.7 Å². The van der Waals surface area contributed by atoms with Crippen molar-refractivity contribution in [1.82, 2.24) is 34.9 Å². The Balaban J connectivity index is 1.39. The number of hydrogen-bond donors (Lipinski definition) is 4. The number of benzene rings is 1. The molecule has 5 heterocycles. The molecular weight excluding hydrogens is 559 g/mol. The molecule has 0 spiro atoms. The lowest BCUT2D eigenvalue weighted by molar-refractivity contribution is -0.115. The van der Waals surface area contributed by atoms with Gasteiger partial charge >= 0.3 is 0 Å². The summed E-state index contributed by atoms with van der Waals surface area (Å²) in [5.74, 6) is -0.607. The fraction of sp³-hybridized carbons (Fsp3) is 0.138. The van der Waals surface area contributed by atoms with E-state index in [1.54, 1.807) is 37.8 Å². The Labute approximate surface area is 239 Å². The molecule has 5 aromatic heterocycles. The maximum Gasteiger partial charge on any atom is 0.224 e. The van der Waals surface area contributed by atoms with E-state index < -0.39 is 15.8 Å². The second kappa shape index (κ2) is 10.8. The molecule has 0 saturated carbocycles. The third kappa shape index (κ3) is 5.60. The molecule has 0 atom stereocenters. The van der Waals surface area contributed by atoms with Gasteiger partial charge < -0.3 is 10.3 Å². The van der Waals surface area contributed by atoms with Gasteiger partial charge in [0.2, 0.25) is 15.9 Å². The van der Waals surface area contributed by atoms with Crippen molar-refractivity contribution in [2.45, 2.75) is 19.9 Å². The Bertz CT molecular complexity index is 2090.